The Balaban J connectivity index is 0. The maximum Gasteiger partial charge on any atom is 0.559 e. The summed E-state index contributed by atoms with van der Waals surface area (Å²) >= 11 is 0. The van der Waals surface area contributed by atoms with Crippen LogP contribution in [0.1, 0.15) is 19.8 Å². The second kappa shape index (κ2) is 9.70. The Labute approximate surface area is 73.9 Å². The average Bonchev–Trinajstić information content (AvgIpc) is 1.95. The Morgan fingerprint density at radius 1 is 1.08 bits per heavy atom. The zero-order valence-electron chi connectivity index (χ0n) is 7.33. The molecule has 13 heavy (non-hydrogen) atoms. The number of rotatable bonds is 5. The van der Waals surface area contributed by atoms with Gasteiger partial charge in [-0.2, -0.15) is 0 Å². The monoisotopic (exact) mass is 208 g/mol. The van der Waals surface area contributed by atoms with E-state index in [4.69, 9.17) is 4.74 Å². The summed E-state index contributed by atoms with van der Waals surface area (Å²) in [7, 11) is 0. The Kier molecular flexibility index (Phi) is 11.3. The molecular weight excluding hydrogens is 195 g/mol. The maximum atomic E-state index is 11.3. The molecular formula is C7H13F5O. The summed E-state index contributed by atoms with van der Waals surface area (Å²) in [6, 6.07) is 0. The van der Waals surface area contributed by atoms with E-state index in [-0.39, 0.29) is 6.67 Å². The van der Waals surface area contributed by atoms with Crippen LogP contribution in [0.5, 0.6) is 0 Å². The zero-order valence-corrected chi connectivity index (χ0v) is 7.33. The predicted octanol–water partition coefficient (Wildman–Crippen LogP) is 3.25. The van der Waals surface area contributed by atoms with Crippen LogP contribution in [0, 0.1) is 0 Å². The first-order chi connectivity index (χ1) is 5.91. The lowest BCUT2D eigenvalue weighted by Crippen LogP contribution is -1.95. The smallest absolute Gasteiger partial charge is 0.381 e. The van der Waals surface area contributed by atoms with Gasteiger partial charge in [0.15, 0.2) is 0 Å². The van der Waals surface area contributed by atoms with E-state index in [0.29, 0.717) is 13.0 Å². The topological polar surface area (TPSA) is 9.23 Å². The highest BCUT2D eigenvalue weighted by atomic mass is 19.5. The first-order valence-corrected chi connectivity index (χ1v) is 3.81. The van der Waals surface area contributed by atoms with Crippen LogP contribution in [0.4, 0.5) is 22.0 Å². The standard InChI is InChI=1S/C6H13FO.CF4/c1-2-5-8-6-3-4-7;2-1(3,4)5/h2-6H2,1H3;. The van der Waals surface area contributed by atoms with Crippen molar-refractivity contribution in [2.45, 2.75) is 26.2 Å². The molecule has 0 atom stereocenters. The SMILES string of the molecule is CCCOCCCF.FC(F)(F)F. The zero-order chi connectivity index (χ0) is 10.7. The second-order valence-corrected chi connectivity index (χ2v) is 2.08. The van der Waals surface area contributed by atoms with Gasteiger partial charge in [-0.1, -0.05) is 6.92 Å². The number of hydrogen-bond acceptors (Lipinski definition) is 1. The van der Waals surface area contributed by atoms with Gasteiger partial charge in [0.1, 0.15) is 0 Å². The molecule has 0 aromatic rings. The summed E-state index contributed by atoms with van der Waals surface area (Å²) in [5.74, 6) is 0. The van der Waals surface area contributed by atoms with E-state index in [1.807, 2.05) is 6.92 Å². The molecule has 0 aliphatic heterocycles. The van der Waals surface area contributed by atoms with E-state index in [2.05, 4.69) is 0 Å². The van der Waals surface area contributed by atoms with Crippen LogP contribution in [0.25, 0.3) is 0 Å². The summed E-state index contributed by atoms with van der Waals surface area (Å²) in [6.45, 7) is 3.11. The third kappa shape index (κ3) is 50.5. The van der Waals surface area contributed by atoms with Gasteiger partial charge >= 0.3 is 6.43 Å². The van der Waals surface area contributed by atoms with Crippen LogP contribution >= 0.6 is 0 Å². The summed E-state index contributed by atoms with van der Waals surface area (Å²) < 4.78 is 55.1. The molecule has 0 spiro atoms. The largest absolute Gasteiger partial charge is 0.559 e. The minimum absolute atomic E-state index is 0.260. The third-order valence-corrected chi connectivity index (χ3v) is 0.771. The lowest BCUT2D eigenvalue weighted by atomic mass is 10.5. The van der Waals surface area contributed by atoms with Gasteiger partial charge in [0.25, 0.3) is 0 Å². The summed E-state index contributed by atoms with van der Waals surface area (Å²) in [6.07, 6.45) is -3.94. The van der Waals surface area contributed by atoms with Gasteiger partial charge in [-0.15, -0.1) is 17.6 Å². The molecule has 1 nitrogen and oxygen atoms in total. The molecule has 0 radical (unpaired) electrons. The van der Waals surface area contributed by atoms with Crippen LogP contribution < -0.4 is 0 Å². The van der Waals surface area contributed by atoms with Gasteiger partial charge in [-0.25, -0.2) is 0 Å². The van der Waals surface area contributed by atoms with Crippen LogP contribution in [0.2, 0.25) is 0 Å². The van der Waals surface area contributed by atoms with Crippen LogP contribution in [0.15, 0.2) is 0 Å². The van der Waals surface area contributed by atoms with Gasteiger partial charge in [-0.05, 0) is 12.8 Å². The fourth-order valence-electron chi connectivity index (χ4n) is 0.403. The van der Waals surface area contributed by atoms with Crippen molar-refractivity contribution < 1.29 is 26.7 Å². The van der Waals surface area contributed by atoms with Gasteiger partial charge in [-0.3, -0.25) is 4.39 Å². The number of ether oxygens (including phenoxy) is 1. The lowest BCUT2D eigenvalue weighted by molar-refractivity contribution is -0.237. The van der Waals surface area contributed by atoms with Crippen molar-refractivity contribution in [3.63, 3.8) is 0 Å². The predicted molar refractivity (Wildman–Crippen MR) is 38.9 cm³/mol. The van der Waals surface area contributed by atoms with Crippen molar-refractivity contribution in [2.75, 3.05) is 19.9 Å². The van der Waals surface area contributed by atoms with E-state index in [0.717, 1.165) is 13.0 Å². The van der Waals surface area contributed by atoms with E-state index in [1.165, 1.54) is 0 Å². The van der Waals surface area contributed by atoms with Crippen molar-refractivity contribution >= 4 is 0 Å². The summed E-state index contributed by atoms with van der Waals surface area (Å²) in [4.78, 5) is 0. The van der Waals surface area contributed by atoms with E-state index >= 15 is 0 Å². The first-order valence-electron chi connectivity index (χ1n) is 3.81. The fourth-order valence-corrected chi connectivity index (χ4v) is 0.403. The van der Waals surface area contributed by atoms with Gasteiger partial charge in [0, 0.05) is 13.2 Å². The van der Waals surface area contributed by atoms with Gasteiger partial charge in [0.05, 0.1) is 6.67 Å². The van der Waals surface area contributed by atoms with E-state index in [9.17, 15) is 22.0 Å². The highest BCUT2D eigenvalue weighted by Gasteiger charge is 2.24. The lowest BCUT2D eigenvalue weighted by Gasteiger charge is -1.96. The molecule has 0 amide bonds. The molecule has 0 saturated carbocycles. The van der Waals surface area contributed by atoms with E-state index in [1.54, 1.807) is 0 Å². The molecule has 0 bridgehead atoms. The average molecular weight is 208 g/mol. The van der Waals surface area contributed by atoms with Crippen LogP contribution in [0.3, 0.4) is 0 Å². The molecule has 0 heterocycles. The van der Waals surface area contributed by atoms with Crippen molar-refractivity contribution in [1.29, 1.82) is 0 Å². The Hall–Kier alpha value is -0.390. The molecule has 0 unspecified atom stereocenters. The number of halogens is 5. The van der Waals surface area contributed by atoms with Gasteiger partial charge < -0.3 is 4.74 Å². The van der Waals surface area contributed by atoms with Crippen LogP contribution in [-0.4, -0.2) is 26.3 Å². The minimum atomic E-state index is -5.50. The molecule has 6 heteroatoms. The van der Waals surface area contributed by atoms with Crippen molar-refractivity contribution in [3.8, 4) is 0 Å². The first kappa shape index (κ1) is 15.1. The maximum absolute atomic E-state index is 11.3. The Bertz CT molecular complexity index is 81.4. The highest BCUT2D eigenvalue weighted by Crippen LogP contribution is 2.13. The quantitative estimate of drug-likeness (QED) is 0.497. The minimum Gasteiger partial charge on any atom is -0.381 e. The molecule has 0 aliphatic carbocycles. The van der Waals surface area contributed by atoms with Crippen molar-refractivity contribution in [1.82, 2.24) is 0 Å². The Morgan fingerprint density at radius 3 is 1.85 bits per heavy atom. The van der Waals surface area contributed by atoms with Crippen molar-refractivity contribution in [2.24, 2.45) is 0 Å². The van der Waals surface area contributed by atoms with E-state index < -0.39 is 6.43 Å². The summed E-state index contributed by atoms with van der Waals surface area (Å²) in [5.41, 5.74) is 0. The fraction of sp³-hybridized carbons (Fsp3) is 1.00. The van der Waals surface area contributed by atoms with Gasteiger partial charge in [0.2, 0.25) is 0 Å². The third-order valence-electron chi connectivity index (χ3n) is 0.771. The number of hydrogen-bond donors (Lipinski definition) is 0. The molecule has 0 rings (SSSR count). The Morgan fingerprint density at radius 2 is 1.54 bits per heavy atom. The van der Waals surface area contributed by atoms with Crippen molar-refractivity contribution in [3.05, 3.63) is 0 Å². The molecule has 0 fully saturated rings. The molecule has 0 saturated heterocycles. The molecule has 0 N–H and O–H groups in total. The molecule has 0 aromatic heterocycles. The normalized spacial score (nSPS) is 10.6. The molecule has 0 aliphatic rings. The highest BCUT2D eigenvalue weighted by molar-refractivity contribution is 4.30. The summed E-state index contributed by atoms with van der Waals surface area (Å²) in [5, 5.41) is 0. The molecule has 0 aromatic carbocycles. The van der Waals surface area contributed by atoms with Crippen LogP contribution in [-0.2, 0) is 4.74 Å². The second-order valence-electron chi connectivity index (χ2n) is 2.08. The molecule has 82 valence electrons. The number of alkyl halides is 5.